The summed E-state index contributed by atoms with van der Waals surface area (Å²) in [4.78, 5) is 32.1. The maximum absolute atomic E-state index is 12.5. The molecule has 1 saturated heterocycles. The van der Waals surface area contributed by atoms with Gasteiger partial charge in [-0.25, -0.2) is 9.78 Å². The molecule has 0 bridgehead atoms. The van der Waals surface area contributed by atoms with Gasteiger partial charge in [0, 0.05) is 33.4 Å². The third-order valence-corrected chi connectivity index (χ3v) is 3.79. The summed E-state index contributed by atoms with van der Waals surface area (Å²) < 4.78 is 5.02. The number of likely N-dealkylation sites (tertiary alicyclic amines) is 1. The number of anilines is 2. The standard InChI is InChI=1S/C16H24N4O3/c1-4-23-16(22)20-10-6-7-12(11-20)15(21)18-13-8-5-9-17-14(13)19(2)3/h5,8-9,12H,4,6-7,10-11H2,1-3H3,(H,18,21). The highest BCUT2D eigenvalue weighted by atomic mass is 16.6. The summed E-state index contributed by atoms with van der Waals surface area (Å²) in [6.45, 7) is 3.14. The van der Waals surface area contributed by atoms with Crippen molar-refractivity contribution >= 4 is 23.5 Å². The molecule has 0 spiro atoms. The van der Waals surface area contributed by atoms with E-state index in [4.69, 9.17) is 4.74 Å². The van der Waals surface area contributed by atoms with Crippen LogP contribution in [0.1, 0.15) is 19.8 Å². The smallest absolute Gasteiger partial charge is 0.409 e. The van der Waals surface area contributed by atoms with Gasteiger partial charge in [0.15, 0.2) is 5.82 Å². The van der Waals surface area contributed by atoms with Crippen molar-refractivity contribution in [1.82, 2.24) is 9.88 Å². The van der Waals surface area contributed by atoms with Crippen LogP contribution in [0.15, 0.2) is 18.3 Å². The lowest BCUT2D eigenvalue weighted by Crippen LogP contribution is -2.44. The summed E-state index contributed by atoms with van der Waals surface area (Å²) in [6.07, 6.45) is 2.90. The molecule has 0 aliphatic carbocycles. The lowest BCUT2D eigenvalue weighted by molar-refractivity contribution is -0.121. The van der Waals surface area contributed by atoms with Gasteiger partial charge in [0.2, 0.25) is 5.91 Å². The van der Waals surface area contributed by atoms with Crippen LogP contribution in [0, 0.1) is 5.92 Å². The molecule has 1 unspecified atom stereocenters. The van der Waals surface area contributed by atoms with Gasteiger partial charge in [-0.05, 0) is 31.9 Å². The molecule has 1 aliphatic heterocycles. The zero-order valence-corrected chi connectivity index (χ0v) is 13.9. The average molecular weight is 320 g/mol. The first-order valence-corrected chi connectivity index (χ1v) is 7.87. The average Bonchev–Trinajstić information content (AvgIpc) is 2.55. The van der Waals surface area contributed by atoms with Gasteiger partial charge in [-0.3, -0.25) is 4.79 Å². The number of hydrogen-bond acceptors (Lipinski definition) is 5. The van der Waals surface area contributed by atoms with Crippen LogP contribution in [0.2, 0.25) is 0 Å². The van der Waals surface area contributed by atoms with Crippen LogP contribution < -0.4 is 10.2 Å². The second-order valence-electron chi connectivity index (χ2n) is 5.74. The first-order valence-electron chi connectivity index (χ1n) is 7.87. The van der Waals surface area contributed by atoms with Gasteiger partial charge in [-0.2, -0.15) is 0 Å². The topological polar surface area (TPSA) is 74.8 Å². The SMILES string of the molecule is CCOC(=O)N1CCCC(C(=O)Nc2cccnc2N(C)C)C1. The molecular formula is C16H24N4O3. The third-order valence-electron chi connectivity index (χ3n) is 3.79. The summed E-state index contributed by atoms with van der Waals surface area (Å²) in [5, 5.41) is 2.93. The predicted molar refractivity (Wildman–Crippen MR) is 88.5 cm³/mol. The maximum Gasteiger partial charge on any atom is 0.409 e. The van der Waals surface area contributed by atoms with E-state index in [1.807, 2.05) is 25.1 Å². The van der Waals surface area contributed by atoms with Crippen molar-refractivity contribution < 1.29 is 14.3 Å². The monoisotopic (exact) mass is 320 g/mol. The lowest BCUT2D eigenvalue weighted by Gasteiger charge is -2.31. The Balaban J connectivity index is 2.02. The second-order valence-corrected chi connectivity index (χ2v) is 5.74. The van der Waals surface area contributed by atoms with Gasteiger partial charge in [-0.1, -0.05) is 0 Å². The molecule has 1 aliphatic rings. The van der Waals surface area contributed by atoms with Crippen molar-refractivity contribution in [3.8, 4) is 0 Å². The predicted octanol–water partition coefficient (Wildman–Crippen LogP) is 1.95. The third kappa shape index (κ3) is 4.34. The highest BCUT2D eigenvalue weighted by molar-refractivity contribution is 5.95. The Kier molecular flexibility index (Phi) is 5.78. The molecular weight excluding hydrogens is 296 g/mol. The summed E-state index contributed by atoms with van der Waals surface area (Å²) >= 11 is 0. The Labute approximate surface area is 136 Å². The lowest BCUT2D eigenvalue weighted by atomic mass is 9.97. The van der Waals surface area contributed by atoms with E-state index in [9.17, 15) is 9.59 Å². The van der Waals surface area contributed by atoms with Crippen molar-refractivity contribution in [2.24, 2.45) is 5.92 Å². The molecule has 0 saturated carbocycles. The number of nitrogens with zero attached hydrogens (tertiary/aromatic N) is 3. The maximum atomic E-state index is 12.5. The van der Waals surface area contributed by atoms with E-state index in [1.54, 1.807) is 24.1 Å². The fourth-order valence-corrected chi connectivity index (χ4v) is 2.66. The van der Waals surface area contributed by atoms with Gasteiger partial charge < -0.3 is 19.9 Å². The van der Waals surface area contributed by atoms with E-state index in [1.165, 1.54) is 0 Å². The minimum atomic E-state index is -0.347. The number of nitrogens with one attached hydrogen (secondary N) is 1. The minimum Gasteiger partial charge on any atom is -0.450 e. The second kappa shape index (κ2) is 7.80. The van der Waals surface area contributed by atoms with Crippen LogP contribution in [0.4, 0.5) is 16.3 Å². The Morgan fingerprint density at radius 2 is 2.26 bits per heavy atom. The number of hydrogen-bond donors (Lipinski definition) is 1. The van der Waals surface area contributed by atoms with Gasteiger partial charge >= 0.3 is 6.09 Å². The van der Waals surface area contributed by atoms with Gasteiger partial charge in [0.1, 0.15) is 0 Å². The number of piperidine rings is 1. The van der Waals surface area contributed by atoms with Crippen LogP contribution >= 0.6 is 0 Å². The number of ether oxygens (including phenoxy) is 1. The highest BCUT2D eigenvalue weighted by Crippen LogP contribution is 2.23. The minimum absolute atomic E-state index is 0.0879. The van der Waals surface area contributed by atoms with Crippen molar-refractivity contribution in [2.45, 2.75) is 19.8 Å². The fraction of sp³-hybridized carbons (Fsp3) is 0.562. The van der Waals surface area contributed by atoms with Crippen molar-refractivity contribution in [2.75, 3.05) is 44.0 Å². The molecule has 1 atom stereocenters. The quantitative estimate of drug-likeness (QED) is 0.918. The van der Waals surface area contributed by atoms with E-state index in [2.05, 4.69) is 10.3 Å². The van der Waals surface area contributed by atoms with Crippen molar-refractivity contribution in [3.63, 3.8) is 0 Å². The summed E-state index contributed by atoms with van der Waals surface area (Å²) in [5.41, 5.74) is 0.677. The Morgan fingerprint density at radius 3 is 2.96 bits per heavy atom. The molecule has 126 valence electrons. The zero-order valence-electron chi connectivity index (χ0n) is 13.9. The number of pyridine rings is 1. The highest BCUT2D eigenvalue weighted by Gasteiger charge is 2.29. The molecule has 2 amide bonds. The van der Waals surface area contributed by atoms with Gasteiger partial charge in [-0.15, -0.1) is 0 Å². The Morgan fingerprint density at radius 1 is 1.48 bits per heavy atom. The van der Waals surface area contributed by atoms with Gasteiger partial charge in [0.05, 0.1) is 18.2 Å². The van der Waals surface area contributed by atoms with Crippen LogP contribution in [-0.2, 0) is 9.53 Å². The number of rotatable bonds is 4. The first kappa shape index (κ1) is 17.1. The largest absolute Gasteiger partial charge is 0.450 e. The Hall–Kier alpha value is -2.31. The fourth-order valence-electron chi connectivity index (χ4n) is 2.66. The first-order chi connectivity index (χ1) is 11.0. The molecule has 1 aromatic heterocycles. The molecule has 7 heteroatoms. The van der Waals surface area contributed by atoms with Crippen LogP contribution in [0.25, 0.3) is 0 Å². The molecule has 1 aromatic rings. The van der Waals surface area contributed by atoms with Crippen LogP contribution in [-0.4, -0.2) is 55.7 Å². The molecule has 23 heavy (non-hydrogen) atoms. The van der Waals surface area contributed by atoms with Crippen molar-refractivity contribution in [1.29, 1.82) is 0 Å². The summed E-state index contributed by atoms with van der Waals surface area (Å²) in [6, 6.07) is 3.61. The normalized spacial score (nSPS) is 17.5. The molecule has 1 N–H and O–H groups in total. The number of aromatic nitrogens is 1. The van der Waals surface area contributed by atoms with E-state index in [0.29, 0.717) is 31.2 Å². The molecule has 0 aromatic carbocycles. The summed E-state index contributed by atoms with van der Waals surface area (Å²) in [5.74, 6) is 0.386. The number of carbonyl (C=O) groups excluding carboxylic acids is 2. The van der Waals surface area contributed by atoms with E-state index in [-0.39, 0.29) is 17.9 Å². The zero-order chi connectivity index (χ0) is 16.8. The van der Waals surface area contributed by atoms with Gasteiger partial charge in [0.25, 0.3) is 0 Å². The number of carbonyl (C=O) groups is 2. The van der Waals surface area contributed by atoms with E-state index in [0.717, 1.165) is 12.8 Å². The molecule has 7 nitrogen and oxygen atoms in total. The summed E-state index contributed by atoms with van der Waals surface area (Å²) in [7, 11) is 3.75. The van der Waals surface area contributed by atoms with E-state index >= 15 is 0 Å². The van der Waals surface area contributed by atoms with E-state index < -0.39 is 0 Å². The number of amides is 2. The molecule has 1 fully saturated rings. The molecule has 2 rings (SSSR count). The van der Waals surface area contributed by atoms with Crippen LogP contribution in [0.3, 0.4) is 0 Å². The molecule has 2 heterocycles. The Bertz CT molecular complexity index is 562. The van der Waals surface area contributed by atoms with Crippen molar-refractivity contribution in [3.05, 3.63) is 18.3 Å². The van der Waals surface area contributed by atoms with Crippen LogP contribution in [0.5, 0.6) is 0 Å². The molecule has 0 radical (unpaired) electrons.